The van der Waals surface area contributed by atoms with Gasteiger partial charge in [0.2, 0.25) is 11.9 Å². The Morgan fingerprint density at radius 2 is 2.09 bits per heavy atom. The van der Waals surface area contributed by atoms with Gasteiger partial charge in [-0.05, 0) is 31.0 Å². The molecule has 6 N–H and O–H groups in total. The fourth-order valence-electron chi connectivity index (χ4n) is 3.19. The summed E-state index contributed by atoms with van der Waals surface area (Å²) < 4.78 is 10.6. The normalized spacial score (nSPS) is 15.2. The number of rotatable bonds is 10. The number of hydrogen-bond acceptors (Lipinski definition) is 10. The van der Waals surface area contributed by atoms with Crippen molar-refractivity contribution in [3.8, 4) is 11.5 Å². The Hall–Kier alpha value is -3.80. The summed E-state index contributed by atoms with van der Waals surface area (Å²) >= 11 is 0. The van der Waals surface area contributed by atoms with E-state index in [0.717, 1.165) is 5.56 Å². The van der Waals surface area contributed by atoms with Crippen molar-refractivity contribution in [3.05, 3.63) is 45.5 Å². The molecule has 0 fully saturated rings. The molecular formula is C21H29N7O5. The Labute approximate surface area is 190 Å². The summed E-state index contributed by atoms with van der Waals surface area (Å²) in [7, 11) is 3.16. The van der Waals surface area contributed by atoms with E-state index in [4.69, 9.17) is 20.0 Å². The molecular weight excluding hydrogens is 430 g/mol. The average molecular weight is 460 g/mol. The van der Waals surface area contributed by atoms with Crippen molar-refractivity contribution in [1.82, 2.24) is 20.8 Å². The van der Waals surface area contributed by atoms with Gasteiger partial charge >= 0.3 is 0 Å². The fourth-order valence-corrected chi connectivity index (χ4v) is 3.19. The Bertz CT molecular complexity index is 1070. The van der Waals surface area contributed by atoms with Gasteiger partial charge in [0.1, 0.15) is 6.10 Å². The van der Waals surface area contributed by atoms with Crippen LogP contribution < -0.4 is 36.9 Å². The fraction of sp³-hybridized carbons (Fsp3) is 0.429. The Morgan fingerprint density at radius 1 is 1.30 bits per heavy atom. The summed E-state index contributed by atoms with van der Waals surface area (Å²) in [5, 5.41) is 5.82. The number of aryl methyl sites for hydroxylation is 1. The molecule has 0 radical (unpaired) electrons. The molecule has 0 aliphatic carbocycles. The van der Waals surface area contributed by atoms with E-state index in [1.807, 2.05) is 18.2 Å². The summed E-state index contributed by atoms with van der Waals surface area (Å²) in [4.78, 5) is 41.0. The first-order chi connectivity index (χ1) is 15.9. The molecule has 12 nitrogen and oxygen atoms in total. The number of methoxy groups -OCH3 is 2. The number of H-pyrrole nitrogens is 1. The van der Waals surface area contributed by atoms with Crippen molar-refractivity contribution >= 4 is 17.7 Å². The quantitative estimate of drug-likeness (QED) is 0.319. The lowest BCUT2D eigenvalue weighted by molar-refractivity contribution is -0.121. The smallest absolute Gasteiger partial charge is 0.290 e. The van der Waals surface area contributed by atoms with Crippen LogP contribution in [0.2, 0.25) is 0 Å². The highest BCUT2D eigenvalue weighted by Gasteiger charge is 2.17. The van der Waals surface area contributed by atoms with Crippen molar-refractivity contribution in [2.75, 3.05) is 39.2 Å². The number of nitrogens with zero attached hydrogens (tertiary/aromatic N) is 2. The summed E-state index contributed by atoms with van der Waals surface area (Å²) in [5.41, 5.74) is 9.61. The molecule has 1 unspecified atom stereocenters. The number of carbonyl (C=O) groups excluding carboxylic acids is 1. The van der Waals surface area contributed by atoms with Crippen LogP contribution in [0.4, 0.5) is 5.82 Å². The van der Waals surface area contributed by atoms with E-state index in [1.54, 1.807) is 21.1 Å². The zero-order valence-corrected chi connectivity index (χ0v) is 18.9. The van der Waals surface area contributed by atoms with Gasteiger partial charge < -0.3 is 30.8 Å². The minimum atomic E-state index is -0.346. The molecule has 0 bridgehead atoms. The number of hydrogen-bond donors (Lipinski definition) is 5. The monoisotopic (exact) mass is 459 g/mol. The summed E-state index contributed by atoms with van der Waals surface area (Å²) in [6, 6.07) is 5.64. The SMILES string of the molecule is COc1ccc(CCNc2nc(CC(=O)NCC3CN=C(N)NO3)c(C)[nH]c2=O)cc1OC. The molecule has 1 aromatic carbocycles. The highest BCUT2D eigenvalue weighted by Crippen LogP contribution is 2.27. The van der Waals surface area contributed by atoms with Crippen molar-refractivity contribution in [1.29, 1.82) is 0 Å². The van der Waals surface area contributed by atoms with Crippen LogP contribution in [0.5, 0.6) is 11.5 Å². The van der Waals surface area contributed by atoms with Gasteiger partial charge in [0.25, 0.3) is 5.56 Å². The number of aromatic nitrogens is 2. The van der Waals surface area contributed by atoms with Crippen LogP contribution in [0.15, 0.2) is 28.0 Å². The molecule has 0 saturated heterocycles. The minimum absolute atomic E-state index is 0.0124. The van der Waals surface area contributed by atoms with Gasteiger partial charge in [-0.2, -0.15) is 0 Å². The maximum atomic E-state index is 12.4. The third-order valence-corrected chi connectivity index (χ3v) is 5.00. The van der Waals surface area contributed by atoms with Crippen molar-refractivity contribution < 1.29 is 19.1 Å². The molecule has 0 saturated carbocycles. The molecule has 33 heavy (non-hydrogen) atoms. The molecule has 0 spiro atoms. The molecule has 2 aromatic rings. The van der Waals surface area contributed by atoms with Crippen LogP contribution in [0.1, 0.15) is 17.0 Å². The number of nitrogens with two attached hydrogens (primary N) is 1. The molecule has 1 aromatic heterocycles. The zero-order valence-electron chi connectivity index (χ0n) is 18.9. The lowest BCUT2D eigenvalue weighted by Crippen LogP contribution is -2.46. The zero-order chi connectivity index (χ0) is 23.8. The van der Waals surface area contributed by atoms with E-state index < -0.39 is 0 Å². The number of benzene rings is 1. The molecule has 1 atom stereocenters. The maximum absolute atomic E-state index is 12.4. The van der Waals surface area contributed by atoms with Gasteiger partial charge in [0.15, 0.2) is 17.3 Å². The van der Waals surface area contributed by atoms with E-state index in [2.05, 4.69) is 31.1 Å². The van der Waals surface area contributed by atoms with E-state index in [1.165, 1.54) is 0 Å². The number of carbonyl (C=O) groups is 1. The van der Waals surface area contributed by atoms with Crippen LogP contribution in [-0.4, -0.2) is 61.8 Å². The van der Waals surface area contributed by atoms with Crippen LogP contribution in [0.3, 0.4) is 0 Å². The highest BCUT2D eigenvalue weighted by molar-refractivity contribution is 5.78. The topological polar surface area (TPSA) is 165 Å². The molecule has 178 valence electrons. The molecule has 12 heteroatoms. The van der Waals surface area contributed by atoms with Crippen molar-refractivity contribution in [2.24, 2.45) is 10.7 Å². The summed E-state index contributed by atoms with van der Waals surface area (Å²) in [6.07, 6.45) is 0.325. The van der Waals surface area contributed by atoms with Crippen molar-refractivity contribution in [2.45, 2.75) is 25.9 Å². The Balaban J connectivity index is 1.56. The predicted molar refractivity (Wildman–Crippen MR) is 123 cm³/mol. The first-order valence-corrected chi connectivity index (χ1v) is 10.4. The van der Waals surface area contributed by atoms with E-state index >= 15 is 0 Å². The van der Waals surface area contributed by atoms with Gasteiger partial charge in [-0.3, -0.25) is 14.4 Å². The minimum Gasteiger partial charge on any atom is -0.493 e. The van der Waals surface area contributed by atoms with Crippen LogP contribution in [0.25, 0.3) is 0 Å². The number of ether oxygens (including phenoxy) is 2. The van der Waals surface area contributed by atoms with Crippen LogP contribution >= 0.6 is 0 Å². The summed E-state index contributed by atoms with van der Waals surface area (Å²) in [6.45, 7) is 2.79. The highest BCUT2D eigenvalue weighted by atomic mass is 16.7. The number of anilines is 1. The molecule has 1 aliphatic heterocycles. The number of amides is 1. The number of aromatic amines is 1. The van der Waals surface area contributed by atoms with E-state index in [-0.39, 0.29) is 42.3 Å². The first-order valence-electron chi connectivity index (χ1n) is 10.4. The second kappa shape index (κ2) is 11.2. The number of guanidine groups is 1. The largest absolute Gasteiger partial charge is 0.493 e. The second-order valence-electron chi connectivity index (χ2n) is 7.40. The van der Waals surface area contributed by atoms with Gasteiger partial charge in [0, 0.05) is 18.8 Å². The lowest BCUT2D eigenvalue weighted by atomic mass is 10.1. The number of hydroxylamine groups is 1. The molecule has 3 rings (SSSR count). The van der Waals surface area contributed by atoms with Crippen molar-refractivity contribution in [3.63, 3.8) is 0 Å². The first kappa shape index (κ1) is 23.9. The van der Waals surface area contributed by atoms with Gasteiger partial charge in [-0.15, -0.1) is 0 Å². The standard InChI is InChI=1S/C21H29N7O5/c1-12-15(9-18(29)24-10-14-11-25-21(22)28-33-14)27-19(20(30)26-12)23-7-6-13-4-5-16(31-2)17(8-13)32-3/h4-5,8,14H,6-7,9-11H2,1-3H3,(H,23,27)(H,24,29)(H,26,30)(H3,22,25,28). The third kappa shape index (κ3) is 6.59. The predicted octanol–water partition coefficient (Wildman–Crippen LogP) is -0.373. The van der Waals surface area contributed by atoms with Crippen LogP contribution in [-0.2, 0) is 22.5 Å². The van der Waals surface area contributed by atoms with E-state index in [9.17, 15) is 9.59 Å². The Morgan fingerprint density at radius 3 is 2.79 bits per heavy atom. The molecule has 1 aliphatic rings. The third-order valence-electron chi connectivity index (χ3n) is 5.00. The van der Waals surface area contributed by atoms with E-state index in [0.29, 0.717) is 42.4 Å². The number of nitrogens with one attached hydrogen (secondary N) is 4. The summed E-state index contributed by atoms with van der Waals surface area (Å²) in [5.74, 6) is 1.40. The van der Waals surface area contributed by atoms with Crippen LogP contribution in [0, 0.1) is 6.92 Å². The lowest BCUT2D eigenvalue weighted by Gasteiger charge is -2.21. The average Bonchev–Trinajstić information content (AvgIpc) is 2.81. The Kier molecular flexibility index (Phi) is 8.08. The maximum Gasteiger partial charge on any atom is 0.290 e. The molecule has 2 heterocycles. The number of aliphatic imine (C=N–C) groups is 1. The van der Waals surface area contributed by atoms with Gasteiger partial charge in [-0.1, -0.05) is 6.07 Å². The van der Waals surface area contributed by atoms with Gasteiger partial charge in [0.05, 0.1) is 32.9 Å². The van der Waals surface area contributed by atoms with Gasteiger partial charge in [-0.25, -0.2) is 15.5 Å². The molecule has 1 amide bonds. The second-order valence-corrected chi connectivity index (χ2v) is 7.40.